The van der Waals surface area contributed by atoms with Crippen molar-refractivity contribution in [2.24, 2.45) is 0 Å². The Bertz CT molecular complexity index is 558. The van der Waals surface area contributed by atoms with E-state index in [1.165, 1.54) is 11.1 Å². The van der Waals surface area contributed by atoms with Crippen LogP contribution in [-0.4, -0.2) is 30.3 Å². The molecule has 2 aromatic carbocycles. The highest BCUT2D eigenvalue weighted by molar-refractivity contribution is 5.74. The van der Waals surface area contributed by atoms with Crippen molar-refractivity contribution in [1.29, 1.82) is 0 Å². The average Bonchev–Trinajstić information content (AvgIpc) is 2.64. The lowest BCUT2D eigenvalue weighted by Gasteiger charge is -2.19. The van der Waals surface area contributed by atoms with Gasteiger partial charge in [0.25, 0.3) is 0 Å². The monoisotopic (exact) mass is 326 g/mol. The number of aliphatic hydroxyl groups excluding tert-OH is 1. The van der Waals surface area contributed by atoms with Crippen LogP contribution in [0.3, 0.4) is 0 Å². The number of hydrogen-bond donors (Lipinski definition) is 3. The van der Waals surface area contributed by atoms with Gasteiger partial charge in [0.05, 0.1) is 12.6 Å². The van der Waals surface area contributed by atoms with Crippen LogP contribution in [0.1, 0.15) is 36.8 Å². The summed E-state index contributed by atoms with van der Waals surface area (Å²) in [6.07, 6.45) is 1.53. The third kappa shape index (κ3) is 5.39. The fourth-order valence-corrected chi connectivity index (χ4v) is 2.74. The van der Waals surface area contributed by atoms with Crippen LogP contribution < -0.4 is 10.6 Å². The molecule has 0 saturated carbocycles. The minimum Gasteiger partial charge on any atom is -0.394 e. The third-order valence-corrected chi connectivity index (χ3v) is 4.17. The minimum atomic E-state index is -0.226. The van der Waals surface area contributed by atoms with Gasteiger partial charge in [-0.05, 0) is 24.0 Å². The Kier molecular flexibility index (Phi) is 7.30. The second-order valence-corrected chi connectivity index (χ2v) is 5.85. The number of aliphatic hydroxyl groups is 1. The molecule has 0 aliphatic heterocycles. The molecule has 128 valence electrons. The molecule has 0 aliphatic rings. The van der Waals surface area contributed by atoms with E-state index >= 15 is 0 Å². The van der Waals surface area contributed by atoms with Crippen molar-refractivity contribution in [2.75, 3.05) is 13.2 Å². The first kappa shape index (κ1) is 18.0. The van der Waals surface area contributed by atoms with Crippen molar-refractivity contribution in [3.63, 3.8) is 0 Å². The highest BCUT2D eigenvalue weighted by atomic mass is 16.3. The number of urea groups is 1. The van der Waals surface area contributed by atoms with Crippen LogP contribution in [0.4, 0.5) is 4.79 Å². The van der Waals surface area contributed by atoms with Crippen molar-refractivity contribution >= 4 is 6.03 Å². The first-order valence-corrected chi connectivity index (χ1v) is 8.49. The van der Waals surface area contributed by atoms with Gasteiger partial charge in [-0.25, -0.2) is 4.79 Å². The van der Waals surface area contributed by atoms with Crippen LogP contribution in [0, 0.1) is 0 Å². The van der Waals surface area contributed by atoms with E-state index in [1.54, 1.807) is 0 Å². The molecule has 0 unspecified atom stereocenters. The molecular formula is C20H26N2O2. The van der Waals surface area contributed by atoms with E-state index in [0.717, 1.165) is 6.42 Å². The van der Waals surface area contributed by atoms with Crippen LogP contribution in [0.2, 0.25) is 0 Å². The smallest absolute Gasteiger partial charge is 0.315 e. The summed E-state index contributed by atoms with van der Waals surface area (Å²) in [7, 11) is 0. The summed E-state index contributed by atoms with van der Waals surface area (Å²) in [4.78, 5) is 11.9. The lowest BCUT2D eigenvalue weighted by Crippen LogP contribution is -2.43. The van der Waals surface area contributed by atoms with Gasteiger partial charge in [0.2, 0.25) is 0 Å². The molecule has 0 radical (unpaired) electrons. The SMILES string of the molecule is CC[C@@H](CO)NC(=O)NCCC(c1ccccc1)c1ccccc1. The number of hydrogen-bond acceptors (Lipinski definition) is 2. The number of carbonyl (C=O) groups excluding carboxylic acids is 1. The highest BCUT2D eigenvalue weighted by Crippen LogP contribution is 2.27. The van der Waals surface area contributed by atoms with Crippen molar-refractivity contribution in [3.8, 4) is 0 Å². The molecule has 0 aliphatic carbocycles. The molecule has 0 aromatic heterocycles. The molecule has 24 heavy (non-hydrogen) atoms. The maximum Gasteiger partial charge on any atom is 0.315 e. The van der Waals surface area contributed by atoms with Crippen molar-refractivity contribution in [3.05, 3.63) is 71.8 Å². The topological polar surface area (TPSA) is 61.4 Å². The lowest BCUT2D eigenvalue weighted by atomic mass is 9.88. The predicted octanol–water partition coefficient (Wildman–Crippen LogP) is 3.28. The van der Waals surface area contributed by atoms with Gasteiger partial charge in [0.1, 0.15) is 0 Å². The Hall–Kier alpha value is -2.33. The van der Waals surface area contributed by atoms with Gasteiger partial charge in [-0.1, -0.05) is 67.6 Å². The second kappa shape index (κ2) is 9.73. The summed E-state index contributed by atoms with van der Waals surface area (Å²) in [5.41, 5.74) is 2.49. The van der Waals surface area contributed by atoms with Gasteiger partial charge < -0.3 is 15.7 Å². The summed E-state index contributed by atoms with van der Waals surface area (Å²) in [6.45, 7) is 2.46. The molecular weight excluding hydrogens is 300 g/mol. The Morgan fingerprint density at radius 2 is 1.54 bits per heavy atom. The molecule has 0 spiro atoms. The van der Waals surface area contributed by atoms with Crippen molar-refractivity contribution in [2.45, 2.75) is 31.7 Å². The number of rotatable bonds is 8. The molecule has 0 bridgehead atoms. The van der Waals surface area contributed by atoms with E-state index in [9.17, 15) is 4.79 Å². The fraction of sp³-hybridized carbons (Fsp3) is 0.350. The van der Waals surface area contributed by atoms with E-state index in [2.05, 4.69) is 34.9 Å². The summed E-state index contributed by atoms with van der Waals surface area (Å²) < 4.78 is 0. The first-order valence-electron chi connectivity index (χ1n) is 8.49. The molecule has 0 saturated heterocycles. The van der Waals surface area contributed by atoms with Gasteiger partial charge in [-0.15, -0.1) is 0 Å². The predicted molar refractivity (Wildman–Crippen MR) is 97.0 cm³/mol. The van der Waals surface area contributed by atoms with E-state index < -0.39 is 0 Å². The number of nitrogens with one attached hydrogen (secondary N) is 2. The largest absolute Gasteiger partial charge is 0.394 e. The van der Waals surface area contributed by atoms with Crippen LogP contribution in [0.15, 0.2) is 60.7 Å². The van der Waals surface area contributed by atoms with Crippen molar-refractivity contribution < 1.29 is 9.90 Å². The Morgan fingerprint density at radius 1 is 1.00 bits per heavy atom. The molecule has 0 heterocycles. The number of amides is 2. The number of carbonyl (C=O) groups is 1. The fourth-order valence-electron chi connectivity index (χ4n) is 2.74. The molecule has 2 amide bonds. The molecule has 3 N–H and O–H groups in total. The van der Waals surface area contributed by atoms with Gasteiger partial charge in [0.15, 0.2) is 0 Å². The van der Waals surface area contributed by atoms with Crippen LogP contribution in [0.5, 0.6) is 0 Å². The van der Waals surface area contributed by atoms with Gasteiger partial charge in [0, 0.05) is 12.5 Å². The van der Waals surface area contributed by atoms with Crippen LogP contribution >= 0.6 is 0 Å². The summed E-state index contributed by atoms with van der Waals surface area (Å²) in [5, 5.41) is 14.8. The Morgan fingerprint density at radius 3 is 2.00 bits per heavy atom. The van der Waals surface area contributed by atoms with Gasteiger partial charge in [-0.3, -0.25) is 0 Å². The van der Waals surface area contributed by atoms with E-state index in [1.807, 2.05) is 43.3 Å². The standard InChI is InChI=1S/C20H26N2O2/c1-2-18(15-23)22-20(24)21-14-13-19(16-9-5-3-6-10-16)17-11-7-4-8-12-17/h3-12,18-19,23H,2,13-15H2,1H3,(H2,21,22,24)/t18-/m0/s1. The minimum absolute atomic E-state index is 0.0411. The van der Waals surface area contributed by atoms with Crippen molar-refractivity contribution in [1.82, 2.24) is 10.6 Å². The number of benzene rings is 2. The van der Waals surface area contributed by atoms with Gasteiger partial charge >= 0.3 is 6.03 Å². The zero-order valence-corrected chi connectivity index (χ0v) is 14.1. The quantitative estimate of drug-likeness (QED) is 0.697. The van der Waals surface area contributed by atoms with Crippen LogP contribution in [-0.2, 0) is 0 Å². The molecule has 2 aromatic rings. The van der Waals surface area contributed by atoms with Gasteiger partial charge in [-0.2, -0.15) is 0 Å². The first-order chi connectivity index (χ1) is 11.7. The maximum absolute atomic E-state index is 11.9. The van der Waals surface area contributed by atoms with Crippen LogP contribution in [0.25, 0.3) is 0 Å². The maximum atomic E-state index is 11.9. The molecule has 4 heteroatoms. The van der Waals surface area contributed by atoms with E-state index in [0.29, 0.717) is 13.0 Å². The molecule has 4 nitrogen and oxygen atoms in total. The summed E-state index contributed by atoms with van der Waals surface area (Å²) >= 11 is 0. The normalized spacial score (nSPS) is 12.0. The summed E-state index contributed by atoms with van der Waals surface area (Å²) in [6, 6.07) is 20.3. The summed E-state index contributed by atoms with van der Waals surface area (Å²) in [5.74, 6) is 0.243. The Labute approximate surface area is 143 Å². The molecule has 1 atom stereocenters. The zero-order chi connectivity index (χ0) is 17.2. The van der Waals surface area contributed by atoms with E-state index in [-0.39, 0.29) is 24.6 Å². The zero-order valence-electron chi connectivity index (χ0n) is 14.1. The third-order valence-electron chi connectivity index (χ3n) is 4.17. The lowest BCUT2D eigenvalue weighted by molar-refractivity contribution is 0.214. The molecule has 0 fully saturated rings. The average molecular weight is 326 g/mol. The molecule has 2 rings (SSSR count). The highest BCUT2D eigenvalue weighted by Gasteiger charge is 2.14. The van der Waals surface area contributed by atoms with E-state index in [4.69, 9.17) is 5.11 Å². The Balaban J connectivity index is 1.96. The second-order valence-electron chi connectivity index (χ2n) is 5.85.